The standard InChI is InChI=1S/C9H16.C5H12O2.C3H9N.C3H8.3C2H6/c1-3-5-7-9-8-6-4-2;1-5(2,3)7-4-6;1-3-4-2;1-3-2;3*1-2/h3,5,7H,1,4,6,8-9H2,2H3;6H,4H2,1-3H3;4H,3H2,1-2H3;3H2,1-2H3;3*1-2H3. The molecule has 0 aliphatic rings. The van der Waals surface area contributed by atoms with Crippen molar-refractivity contribution in [2.45, 2.75) is 128 Å². The molecule has 29 heavy (non-hydrogen) atoms. The number of allylic oxidation sites excluding steroid dienone is 3. The third-order valence-electron chi connectivity index (χ3n) is 2.10. The highest BCUT2D eigenvalue weighted by Gasteiger charge is 2.07. The minimum Gasteiger partial charge on any atom is -0.371 e. The zero-order chi connectivity index (χ0) is 25.0. The smallest absolute Gasteiger partial charge is 0.144 e. The van der Waals surface area contributed by atoms with Gasteiger partial charge in [-0.25, -0.2) is 0 Å². The van der Waals surface area contributed by atoms with Crippen LogP contribution in [0.15, 0.2) is 24.8 Å². The lowest BCUT2D eigenvalue weighted by Gasteiger charge is -2.16. The van der Waals surface area contributed by atoms with Crippen LogP contribution in [0.3, 0.4) is 0 Å². The molecule has 0 bridgehead atoms. The minimum atomic E-state index is -0.200. The summed E-state index contributed by atoms with van der Waals surface area (Å²) in [4.78, 5) is 0. The van der Waals surface area contributed by atoms with E-state index < -0.39 is 0 Å². The summed E-state index contributed by atoms with van der Waals surface area (Å²) >= 11 is 0. The summed E-state index contributed by atoms with van der Waals surface area (Å²) in [5.41, 5.74) is -0.200. The van der Waals surface area contributed by atoms with Gasteiger partial charge < -0.3 is 15.2 Å². The Morgan fingerprint density at radius 1 is 0.897 bits per heavy atom. The molecule has 0 unspecified atom stereocenters. The Bertz CT molecular complexity index is 207. The maximum Gasteiger partial charge on any atom is 0.144 e. The summed E-state index contributed by atoms with van der Waals surface area (Å²) in [6.45, 7) is 30.7. The maximum absolute atomic E-state index is 8.18. The predicted molar refractivity (Wildman–Crippen MR) is 141 cm³/mol. The molecular formula is C26H63NO2. The number of hydrogen-bond acceptors (Lipinski definition) is 3. The van der Waals surface area contributed by atoms with E-state index in [4.69, 9.17) is 9.84 Å². The second kappa shape index (κ2) is 63.1. The molecule has 0 amide bonds. The molecule has 184 valence electrons. The van der Waals surface area contributed by atoms with Gasteiger partial charge in [0.1, 0.15) is 6.79 Å². The number of hydrogen-bond donors (Lipinski definition) is 2. The lowest BCUT2D eigenvalue weighted by atomic mass is 10.2. The SMILES string of the molecule is C=CC=CCCCCC.CC.CC.CC.CC(C)(C)OCO.CCC.CCNC. The molecule has 0 aliphatic heterocycles. The number of aliphatic hydroxyl groups excluding tert-OH is 1. The van der Waals surface area contributed by atoms with Crippen molar-refractivity contribution >= 4 is 0 Å². The van der Waals surface area contributed by atoms with Gasteiger partial charge in [-0.3, -0.25) is 0 Å². The molecule has 0 spiro atoms. The van der Waals surface area contributed by atoms with E-state index in [2.05, 4.69) is 45.7 Å². The molecule has 0 fully saturated rings. The molecule has 0 saturated carbocycles. The van der Waals surface area contributed by atoms with Gasteiger partial charge in [0.05, 0.1) is 5.60 Å². The molecular weight excluding hydrogens is 358 g/mol. The van der Waals surface area contributed by atoms with Gasteiger partial charge in [0.2, 0.25) is 0 Å². The van der Waals surface area contributed by atoms with Gasteiger partial charge in [0.15, 0.2) is 0 Å². The van der Waals surface area contributed by atoms with Gasteiger partial charge in [-0.05, 0) is 47.2 Å². The average Bonchev–Trinajstić information content (AvgIpc) is 2.73. The topological polar surface area (TPSA) is 41.5 Å². The number of ether oxygens (including phenoxy) is 1. The van der Waals surface area contributed by atoms with E-state index in [9.17, 15) is 0 Å². The number of unbranched alkanes of at least 4 members (excludes halogenated alkanes) is 3. The van der Waals surface area contributed by atoms with Crippen molar-refractivity contribution < 1.29 is 9.84 Å². The lowest BCUT2D eigenvalue weighted by molar-refractivity contribution is -0.0877. The van der Waals surface area contributed by atoms with Crippen LogP contribution < -0.4 is 5.32 Å². The highest BCUT2D eigenvalue weighted by molar-refractivity contribution is 4.96. The summed E-state index contributed by atoms with van der Waals surface area (Å²) < 4.78 is 4.78. The average molecular weight is 422 g/mol. The van der Waals surface area contributed by atoms with E-state index in [1.807, 2.05) is 81.5 Å². The van der Waals surface area contributed by atoms with Crippen LogP contribution in [0.4, 0.5) is 0 Å². The molecule has 0 aromatic carbocycles. The summed E-state index contributed by atoms with van der Waals surface area (Å²) in [5.74, 6) is 0. The Hall–Kier alpha value is -0.640. The van der Waals surface area contributed by atoms with Gasteiger partial charge in [0, 0.05) is 0 Å². The largest absolute Gasteiger partial charge is 0.371 e. The molecule has 2 N–H and O–H groups in total. The van der Waals surface area contributed by atoms with Crippen LogP contribution in [0, 0.1) is 0 Å². The Balaban J connectivity index is -0.0000000432. The van der Waals surface area contributed by atoms with Crippen molar-refractivity contribution in [3.05, 3.63) is 24.8 Å². The molecule has 0 heterocycles. The van der Waals surface area contributed by atoms with Crippen LogP contribution >= 0.6 is 0 Å². The summed E-state index contributed by atoms with van der Waals surface area (Å²) in [7, 11) is 1.93. The van der Waals surface area contributed by atoms with Crippen LogP contribution in [-0.2, 0) is 4.74 Å². The molecule has 3 nitrogen and oxygen atoms in total. The first kappa shape index (κ1) is 46.5. The lowest BCUT2D eigenvalue weighted by Crippen LogP contribution is -2.19. The summed E-state index contributed by atoms with van der Waals surface area (Å²) in [6, 6.07) is 0. The second-order valence-electron chi connectivity index (χ2n) is 5.96. The van der Waals surface area contributed by atoms with Crippen molar-refractivity contribution in [2.75, 3.05) is 20.4 Å². The van der Waals surface area contributed by atoms with E-state index in [0.717, 1.165) is 6.54 Å². The van der Waals surface area contributed by atoms with Crippen LogP contribution in [0.1, 0.15) is 122 Å². The van der Waals surface area contributed by atoms with Gasteiger partial charge in [-0.15, -0.1) is 0 Å². The van der Waals surface area contributed by atoms with Crippen molar-refractivity contribution in [3.63, 3.8) is 0 Å². The fourth-order valence-electron chi connectivity index (χ4n) is 0.898. The fraction of sp³-hybridized carbons (Fsp3) is 0.846. The quantitative estimate of drug-likeness (QED) is 0.245. The van der Waals surface area contributed by atoms with E-state index >= 15 is 0 Å². The van der Waals surface area contributed by atoms with E-state index in [-0.39, 0.29) is 12.4 Å². The van der Waals surface area contributed by atoms with Crippen LogP contribution in [0.25, 0.3) is 0 Å². The second-order valence-corrected chi connectivity index (χ2v) is 5.96. The highest BCUT2D eigenvalue weighted by atomic mass is 16.6. The molecule has 0 aromatic rings. The molecule has 0 radical (unpaired) electrons. The van der Waals surface area contributed by atoms with Crippen molar-refractivity contribution in [2.24, 2.45) is 0 Å². The van der Waals surface area contributed by atoms with Crippen molar-refractivity contribution in [3.8, 4) is 0 Å². The van der Waals surface area contributed by atoms with Crippen molar-refractivity contribution in [1.82, 2.24) is 5.32 Å². The maximum atomic E-state index is 8.18. The first-order chi connectivity index (χ1) is 13.8. The Morgan fingerprint density at radius 3 is 1.45 bits per heavy atom. The monoisotopic (exact) mass is 421 g/mol. The van der Waals surface area contributed by atoms with Gasteiger partial charge in [-0.1, -0.05) is 113 Å². The van der Waals surface area contributed by atoms with Crippen LogP contribution in [0.2, 0.25) is 0 Å². The van der Waals surface area contributed by atoms with Crippen molar-refractivity contribution in [1.29, 1.82) is 0 Å². The fourth-order valence-corrected chi connectivity index (χ4v) is 0.898. The number of nitrogens with one attached hydrogen (secondary N) is 1. The Kier molecular flexibility index (Phi) is 101. The Morgan fingerprint density at radius 2 is 1.28 bits per heavy atom. The van der Waals surface area contributed by atoms with Gasteiger partial charge in [0.25, 0.3) is 0 Å². The minimum absolute atomic E-state index is 0.191. The summed E-state index contributed by atoms with van der Waals surface area (Å²) in [6.07, 6.45) is 12.4. The third-order valence-corrected chi connectivity index (χ3v) is 2.10. The summed E-state index contributed by atoms with van der Waals surface area (Å²) in [5, 5.41) is 11.1. The molecule has 0 atom stereocenters. The van der Waals surface area contributed by atoms with Crippen LogP contribution in [-0.4, -0.2) is 31.1 Å². The first-order valence-corrected chi connectivity index (χ1v) is 12.0. The molecule has 0 aliphatic carbocycles. The van der Waals surface area contributed by atoms with E-state index in [0.29, 0.717) is 0 Å². The molecule has 0 rings (SSSR count). The zero-order valence-corrected chi connectivity index (χ0v) is 23.2. The molecule has 0 aromatic heterocycles. The van der Waals surface area contributed by atoms with E-state index in [1.165, 1.54) is 32.1 Å². The highest BCUT2D eigenvalue weighted by Crippen LogP contribution is 2.04. The first-order valence-electron chi connectivity index (χ1n) is 12.0. The van der Waals surface area contributed by atoms with Gasteiger partial charge >= 0.3 is 0 Å². The third kappa shape index (κ3) is 164. The number of rotatable bonds is 7. The molecule has 0 saturated heterocycles. The molecule has 3 heteroatoms. The van der Waals surface area contributed by atoms with Crippen LogP contribution in [0.5, 0.6) is 0 Å². The normalized spacial score (nSPS) is 8.38. The number of aliphatic hydroxyl groups is 1. The van der Waals surface area contributed by atoms with E-state index in [1.54, 1.807) is 0 Å². The Labute approximate surface area is 188 Å². The van der Waals surface area contributed by atoms with Gasteiger partial charge in [-0.2, -0.15) is 0 Å². The predicted octanol–water partition coefficient (Wildman–Crippen LogP) is 8.78. The zero-order valence-electron chi connectivity index (χ0n) is 23.2.